The SMILES string of the molecule is CNC(=O)[C@H](NC(=O)c1ccc(CN2CCC(C)CC2)o1)c1ccccc1. The number of nitrogens with zero attached hydrogens (tertiary/aromatic N) is 1. The highest BCUT2D eigenvalue weighted by Crippen LogP contribution is 2.20. The van der Waals surface area contributed by atoms with E-state index in [4.69, 9.17) is 4.42 Å². The van der Waals surface area contributed by atoms with E-state index in [-0.39, 0.29) is 11.7 Å². The first-order valence-electron chi connectivity index (χ1n) is 9.45. The predicted molar refractivity (Wildman–Crippen MR) is 103 cm³/mol. The zero-order chi connectivity index (χ0) is 19.2. The Bertz CT molecular complexity index is 764. The average Bonchev–Trinajstić information content (AvgIpc) is 3.16. The van der Waals surface area contributed by atoms with Crippen molar-refractivity contribution in [2.45, 2.75) is 32.4 Å². The molecule has 6 heteroatoms. The number of rotatable bonds is 6. The summed E-state index contributed by atoms with van der Waals surface area (Å²) in [6.07, 6.45) is 2.39. The van der Waals surface area contributed by atoms with Gasteiger partial charge in [0.15, 0.2) is 5.76 Å². The Kier molecular flexibility index (Phi) is 6.29. The minimum atomic E-state index is -0.763. The van der Waals surface area contributed by atoms with Crippen LogP contribution in [0, 0.1) is 5.92 Å². The highest BCUT2D eigenvalue weighted by molar-refractivity contribution is 5.95. The molecule has 0 radical (unpaired) electrons. The van der Waals surface area contributed by atoms with Crippen LogP contribution < -0.4 is 10.6 Å². The Labute approximate surface area is 159 Å². The van der Waals surface area contributed by atoms with Crippen LogP contribution in [0.2, 0.25) is 0 Å². The van der Waals surface area contributed by atoms with Gasteiger partial charge in [0.2, 0.25) is 5.91 Å². The standard InChI is InChI=1S/C21H27N3O3/c1-15-10-12-24(13-11-15)14-17-8-9-18(27-17)20(25)23-19(21(26)22-2)16-6-4-3-5-7-16/h3-9,15,19H,10-14H2,1-2H3,(H,22,26)(H,23,25)/t19-/m1/s1. The van der Waals surface area contributed by atoms with Crippen molar-refractivity contribution in [3.8, 4) is 0 Å². The molecule has 27 heavy (non-hydrogen) atoms. The third-order valence-corrected chi connectivity index (χ3v) is 5.06. The minimum absolute atomic E-state index is 0.222. The van der Waals surface area contributed by atoms with E-state index in [1.54, 1.807) is 13.1 Å². The van der Waals surface area contributed by atoms with E-state index in [0.717, 1.165) is 30.3 Å². The maximum absolute atomic E-state index is 12.6. The molecule has 1 aliphatic heterocycles. The number of likely N-dealkylation sites (N-methyl/N-ethyl adjacent to an activating group) is 1. The van der Waals surface area contributed by atoms with Gasteiger partial charge in [0.25, 0.3) is 5.91 Å². The van der Waals surface area contributed by atoms with Gasteiger partial charge in [0, 0.05) is 7.05 Å². The molecule has 1 aliphatic rings. The molecule has 2 amide bonds. The van der Waals surface area contributed by atoms with Crippen LogP contribution in [0.1, 0.15) is 47.7 Å². The van der Waals surface area contributed by atoms with E-state index in [2.05, 4.69) is 22.5 Å². The fraction of sp³-hybridized carbons (Fsp3) is 0.429. The van der Waals surface area contributed by atoms with Gasteiger partial charge in [0.05, 0.1) is 6.54 Å². The normalized spacial score (nSPS) is 16.7. The number of furan rings is 1. The molecule has 1 atom stereocenters. The van der Waals surface area contributed by atoms with E-state index in [1.165, 1.54) is 12.8 Å². The molecule has 1 aromatic heterocycles. The molecular formula is C21H27N3O3. The largest absolute Gasteiger partial charge is 0.455 e. The van der Waals surface area contributed by atoms with Crippen molar-refractivity contribution in [1.29, 1.82) is 0 Å². The lowest BCUT2D eigenvalue weighted by molar-refractivity contribution is -0.122. The van der Waals surface area contributed by atoms with Crippen LogP contribution in [-0.2, 0) is 11.3 Å². The second-order valence-corrected chi connectivity index (χ2v) is 7.16. The molecule has 0 aliphatic carbocycles. The molecule has 2 heterocycles. The molecule has 1 aromatic carbocycles. The second kappa shape index (κ2) is 8.86. The summed E-state index contributed by atoms with van der Waals surface area (Å²) in [7, 11) is 1.55. The number of likely N-dealkylation sites (tertiary alicyclic amines) is 1. The van der Waals surface area contributed by atoms with Gasteiger partial charge in [-0.1, -0.05) is 37.3 Å². The molecule has 0 spiro atoms. The molecule has 3 rings (SSSR count). The number of hydrogen-bond donors (Lipinski definition) is 2. The van der Waals surface area contributed by atoms with Gasteiger partial charge in [-0.15, -0.1) is 0 Å². The summed E-state index contributed by atoms with van der Waals surface area (Å²) in [6, 6.07) is 11.9. The monoisotopic (exact) mass is 369 g/mol. The van der Waals surface area contributed by atoms with Gasteiger partial charge in [-0.2, -0.15) is 0 Å². The fourth-order valence-electron chi connectivity index (χ4n) is 3.32. The Morgan fingerprint density at radius 2 is 1.85 bits per heavy atom. The molecular weight excluding hydrogens is 342 g/mol. The quantitative estimate of drug-likeness (QED) is 0.821. The van der Waals surface area contributed by atoms with Crippen LogP contribution in [0.15, 0.2) is 46.9 Å². The molecule has 6 nitrogen and oxygen atoms in total. The maximum atomic E-state index is 12.6. The number of benzene rings is 1. The van der Waals surface area contributed by atoms with E-state index in [0.29, 0.717) is 6.54 Å². The first-order valence-corrected chi connectivity index (χ1v) is 9.45. The highest BCUT2D eigenvalue weighted by Gasteiger charge is 2.24. The fourth-order valence-corrected chi connectivity index (χ4v) is 3.32. The topological polar surface area (TPSA) is 74.6 Å². The third kappa shape index (κ3) is 4.98. The van der Waals surface area contributed by atoms with Gasteiger partial charge in [-0.3, -0.25) is 14.5 Å². The highest BCUT2D eigenvalue weighted by atomic mass is 16.4. The average molecular weight is 369 g/mol. The van der Waals surface area contributed by atoms with E-state index >= 15 is 0 Å². The van der Waals surface area contributed by atoms with E-state index in [9.17, 15) is 9.59 Å². The Hall–Kier alpha value is -2.60. The van der Waals surface area contributed by atoms with Gasteiger partial charge in [0.1, 0.15) is 11.8 Å². The minimum Gasteiger partial charge on any atom is -0.455 e. The summed E-state index contributed by atoms with van der Waals surface area (Å²) >= 11 is 0. The molecule has 2 N–H and O–H groups in total. The van der Waals surface area contributed by atoms with Crippen molar-refractivity contribution in [3.63, 3.8) is 0 Å². The van der Waals surface area contributed by atoms with Crippen LogP contribution in [0.25, 0.3) is 0 Å². The lowest BCUT2D eigenvalue weighted by atomic mass is 9.99. The van der Waals surface area contributed by atoms with Crippen molar-refractivity contribution in [3.05, 3.63) is 59.5 Å². The van der Waals surface area contributed by atoms with Crippen molar-refractivity contribution >= 4 is 11.8 Å². The number of piperidine rings is 1. The van der Waals surface area contributed by atoms with E-state index < -0.39 is 11.9 Å². The zero-order valence-corrected chi connectivity index (χ0v) is 15.9. The van der Waals surface area contributed by atoms with Crippen molar-refractivity contribution < 1.29 is 14.0 Å². The molecule has 1 saturated heterocycles. The smallest absolute Gasteiger partial charge is 0.287 e. The molecule has 0 saturated carbocycles. The summed E-state index contributed by atoms with van der Waals surface area (Å²) in [5.74, 6) is 1.10. The van der Waals surface area contributed by atoms with Crippen LogP contribution in [0.4, 0.5) is 0 Å². The van der Waals surface area contributed by atoms with Gasteiger partial charge < -0.3 is 15.1 Å². The van der Waals surface area contributed by atoms with Crippen molar-refractivity contribution in [2.75, 3.05) is 20.1 Å². The number of nitrogens with one attached hydrogen (secondary N) is 2. The summed E-state index contributed by atoms with van der Waals surface area (Å²) in [4.78, 5) is 27.2. The van der Waals surface area contributed by atoms with Crippen LogP contribution >= 0.6 is 0 Å². The summed E-state index contributed by atoms with van der Waals surface area (Å²) in [5.41, 5.74) is 0.722. The summed E-state index contributed by atoms with van der Waals surface area (Å²) in [5, 5.41) is 5.36. The summed E-state index contributed by atoms with van der Waals surface area (Å²) < 4.78 is 5.74. The van der Waals surface area contributed by atoms with Gasteiger partial charge in [-0.25, -0.2) is 0 Å². The van der Waals surface area contributed by atoms with Crippen LogP contribution in [0.5, 0.6) is 0 Å². The number of carbonyl (C=O) groups is 2. The Morgan fingerprint density at radius 1 is 1.15 bits per heavy atom. The number of hydrogen-bond acceptors (Lipinski definition) is 4. The number of amides is 2. The van der Waals surface area contributed by atoms with Crippen molar-refractivity contribution in [1.82, 2.24) is 15.5 Å². The molecule has 0 bridgehead atoms. The molecule has 1 fully saturated rings. The van der Waals surface area contributed by atoms with E-state index in [1.807, 2.05) is 36.4 Å². The zero-order valence-electron chi connectivity index (χ0n) is 15.9. The Balaban J connectivity index is 1.64. The lowest BCUT2D eigenvalue weighted by Gasteiger charge is -2.29. The first kappa shape index (κ1) is 19.2. The van der Waals surface area contributed by atoms with Crippen LogP contribution in [0.3, 0.4) is 0 Å². The maximum Gasteiger partial charge on any atom is 0.287 e. The van der Waals surface area contributed by atoms with Crippen LogP contribution in [-0.4, -0.2) is 36.9 Å². The Morgan fingerprint density at radius 3 is 2.52 bits per heavy atom. The first-order chi connectivity index (χ1) is 13.1. The number of carbonyl (C=O) groups excluding carboxylic acids is 2. The lowest BCUT2D eigenvalue weighted by Crippen LogP contribution is -2.38. The van der Waals surface area contributed by atoms with Crippen molar-refractivity contribution in [2.24, 2.45) is 5.92 Å². The predicted octanol–water partition coefficient (Wildman–Crippen LogP) is 2.73. The second-order valence-electron chi connectivity index (χ2n) is 7.16. The molecule has 2 aromatic rings. The van der Waals surface area contributed by atoms with Gasteiger partial charge in [-0.05, 0) is 49.5 Å². The molecule has 0 unspecified atom stereocenters. The summed E-state index contributed by atoms with van der Waals surface area (Å²) in [6.45, 7) is 5.09. The third-order valence-electron chi connectivity index (χ3n) is 5.06. The van der Waals surface area contributed by atoms with Gasteiger partial charge >= 0.3 is 0 Å². The molecule has 144 valence electrons.